The van der Waals surface area contributed by atoms with Gasteiger partial charge in [-0.05, 0) is 61.8 Å². The molecule has 0 bridgehead atoms. The third-order valence-electron chi connectivity index (χ3n) is 7.63. The monoisotopic (exact) mass is 511 g/mol. The van der Waals surface area contributed by atoms with E-state index < -0.39 is 0 Å². The summed E-state index contributed by atoms with van der Waals surface area (Å²) in [5.41, 5.74) is 5.78. The Labute approximate surface area is 222 Å². The quantitative estimate of drug-likeness (QED) is 0.358. The van der Waals surface area contributed by atoms with Crippen LogP contribution in [0.1, 0.15) is 45.8 Å². The third-order valence-corrected chi connectivity index (χ3v) is 8.81. The van der Waals surface area contributed by atoms with Crippen molar-refractivity contribution < 1.29 is 4.79 Å². The number of carbonyl (C=O) groups is 1. The molecule has 6 rings (SSSR count). The summed E-state index contributed by atoms with van der Waals surface area (Å²) >= 11 is 1.86. The first-order valence-electron chi connectivity index (χ1n) is 13.3. The first-order chi connectivity index (χ1) is 18.1. The first-order valence-corrected chi connectivity index (χ1v) is 14.1. The lowest BCUT2D eigenvalue weighted by Crippen LogP contribution is -2.50. The van der Waals surface area contributed by atoms with Crippen molar-refractivity contribution in [2.45, 2.75) is 46.0 Å². The Kier molecular flexibility index (Phi) is 6.55. The van der Waals surface area contributed by atoms with Gasteiger partial charge in [0.15, 0.2) is 0 Å². The maximum atomic E-state index is 13.1. The summed E-state index contributed by atoms with van der Waals surface area (Å²) in [6, 6.07) is 16.5. The lowest BCUT2D eigenvalue weighted by atomic mass is 9.96. The van der Waals surface area contributed by atoms with Gasteiger partial charge >= 0.3 is 6.03 Å². The summed E-state index contributed by atoms with van der Waals surface area (Å²) < 4.78 is 0. The van der Waals surface area contributed by atoms with Gasteiger partial charge in [-0.15, -0.1) is 11.3 Å². The molecule has 2 amide bonds. The number of aryl methyl sites for hydroxylation is 4. The number of fused-ring (bicyclic) bond motifs is 3. The van der Waals surface area contributed by atoms with E-state index in [9.17, 15) is 4.79 Å². The zero-order chi connectivity index (χ0) is 25.4. The molecule has 2 aromatic carbocycles. The summed E-state index contributed by atoms with van der Waals surface area (Å²) in [6.45, 7) is 6.94. The number of hydrogen-bond donors (Lipinski definition) is 1. The molecular formula is C30H33N5OS. The minimum absolute atomic E-state index is 0.0254. The number of thiophene rings is 1. The number of rotatable bonds is 4. The van der Waals surface area contributed by atoms with E-state index in [1.165, 1.54) is 34.2 Å². The zero-order valence-electron chi connectivity index (χ0n) is 21.6. The molecule has 0 atom stereocenters. The van der Waals surface area contributed by atoms with Gasteiger partial charge in [-0.1, -0.05) is 48.5 Å². The molecule has 6 nitrogen and oxygen atoms in total. The number of benzene rings is 2. The second-order valence-electron chi connectivity index (χ2n) is 10.2. The number of hydrogen-bond acceptors (Lipinski definition) is 5. The Bertz CT molecular complexity index is 1420. The van der Waals surface area contributed by atoms with Crippen molar-refractivity contribution in [2.24, 2.45) is 0 Å². The van der Waals surface area contributed by atoms with E-state index in [0.29, 0.717) is 13.1 Å². The van der Waals surface area contributed by atoms with E-state index in [1.54, 1.807) is 0 Å². The van der Waals surface area contributed by atoms with Crippen LogP contribution in [0.25, 0.3) is 10.2 Å². The standard InChI is InChI=1S/C30H33N5OS/c1-20-9-8-10-21(2)27(20)33-30(36)35-17-15-34(16-18-35)28-26-23-13-6-7-14-24(23)37-29(26)32-25(31-28)19-22-11-4-3-5-12-22/h3-5,8-12H,6-7,13-19H2,1-2H3,(H,33,36). The molecule has 0 spiro atoms. The van der Waals surface area contributed by atoms with Crippen LogP contribution in [0.5, 0.6) is 0 Å². The molecule has 1 saturated heterocycles. The molecule has 4 aromatic rings. The summed E-state index contributed by atoms with van der Waals surface area (Å²) in [5.74, 6) is 1.94. The van der Waals surface area contributed by atoms with Crippen molar-refractivity contribution in [2.75, 3.05) is 36.4 Å². The third kappa shape index (κ3) is 4.80. The number of amides is 2. The van der Waals surface area contributed by atoms with Crippen molar-refractivity contribution in [3.63, 3.8) is 0 Å². The van der Waals surface area contributed by atoms with Gasteiger partial charge in [0.25, 0.3) is 0 Å². The minimum Gasteiger partial charge on any atom is -0.352 e. The number of nitrogens with one attached hydrogen (secondary N) is 1. The van der Waals surface area contributed by atoms with Crippen LogP contribution in [-0.2, 0) is 19.3 Å². The lowest BCUT2D eigenvalue weighted by Gasteiger charge is -2.36. The second-order valence-corrected chi connectivity index (χ2v) is 11.3. The Hall–Kier alpha value is -3.45. The molecule has 3 heterocycles. The smallest absolute Gasteiger partial charge is 0.321 e. The van der Waals surface area contributed by atoms with Crippen LogP contribution < -0.4 is 10.2 Å². The summed E-state index contributed by atoms with van der Waals surface area (Å²) in [7, 11) is 0. The average Bonchev–Trinajstić information content (AvgIpc) is 3.29. The van der Waals surface area contributed by atoms with Gasteiger partial charge in [-0.3, -0.25) is 0 Å². The molecule has 1 N–H and O–H groups in total. The molecule has 2 aromatic heterocycles. The van der Waals surface area contributed by atoms with Crippen molar-refractivity contribution >= 4 is 39.1 Å². The molecule has 2 aliphatic rings. The number of aromatic nitrogens is 2. The van der Waals surface area contributed by atoms with Gasteiger partial charge in [0, 0.05) is 43.2 Å². The highest BCUT2D eigenvalue weighted by atomic mass is 32.1. The normalized spacial score (nSPS) is 15.6. The van der Waals surface area contributed by atoms with Crippen molar-refractivity contribution in [1.29, 1.82) is 0 Å². The van der Waals surface area contributed by atoms with Gasteiger partial charge in [0.1, 0.15) is 16.5 Å². The Morgan fingerprint density at radius 3 is 2.41 bits per heavy atom. The summed E-state index contributed by atoms with van der Waals surface area (Å²) in [6.07, 6.45) is 5.48. The van der Waals surface area contributed by atoms with Gasteiger partial charge in [0.2, 0.25) is 0 Å². The highest BCUT2D eigenvalue weighted by Gasteiger charge is 2.28. The van der Waals surface area contributed by atoms with E-state index in [0.717, 1.165) is 65.6 Å². The molecule has 1 aliphatic carbocycles. The van der Waals surface area contributed by atoms with Crippen LogP contribution in [-0.4, -0.2) is 47.1 Å². The fourth-order valence-corrected chi connectivity index (χ4v) is 6.86. The van der Waals surface area contributed by atoms with Gasteiger partial charge < -0.3 is 15.1 Å². The Morgan fingerprint density at radius 1 is 0.919 bits per heavy atom. The maximum absolute atomic E-state index is 13.1. The fraction of sp³-hybridized carbons (Fsp3) is 0.367. The Balaban J connectivity index is 1.26. The van der Waals surface area contributed by atoms with E-state index >= 15 is 0 Å². The topological polar surface area (TPSA) is 61.4 Å². The highest BCUT2D eigenvalue weighted by Crippen LogP contribution is 2.40. The SMILES string of the molecule is Cc1cccc(C)c1NC(=O)N1CCN(c2nc(Cc3ccccc3)nc3sc4c(c23)CCCC4)CC1. The van der Waals surface area contributed by atoms with E-state index in [2.05, 4.69) is 34.5 Å². The van der Waals surface area contributed by atoms with Crippen LogP contribution in [0.3, 0.4) is 0 Å². The van der Waals surface area contributed by atoms with Crippen molar-refractivity contribution in [1.82, 2.24) is 14.9 Å². The number of para-hydroxylation sites is 1. The molecule has 0 radical (unpaired) electrons. The minimum atomic E-state index is -0.0254. The fourth-order valence-electron chi connectivity index (χ4n) is 5.59. The Morgan fingerprint density at radius 2 is 1.65 bits per heavy atom. The number of carbonyl (C=O) groups excluding carboxylic acids is 1. The van der Waals surface area contributed by atoms with Gasteiger partial charge in [0.05, 0.1) is 5.39 Å². The van der Waals surface area contributed by atoms with Crippen molar-refractivity contribution in [3.05, 3.63) is 81.5 Å². The molecular weight excluding hydrogens is 478 g/mol. The number of anilines is 2. The lowest BCUT2D eigenvalue weighted by molar-refractivity contribution is 0.208. The summed E-state index contributed by atoms with van der Waals surface area (Å²) in [4.78, 5) is 30.2. The maximum Gasteiger partial charge on any atom is 0.321 e. The van der Waals surface area contributed by atoms with Crippen LogP contribution >= 0.6 is 11.3 Å². The largest absolute Gasteiger partial charge is 0.352 e. The van der Waals surface area contributed by atoms with Gasteiger partial charge in [-0.25, -0.2) is 14.8 Å². The molecule has 0 unspecified atom stereocenters. The average molecular weight is 512 g/mol. The predicted octanol–water partition coefficient (Wildman–Crippen LogP) is 6.13. The molecule has 190 valence electrons. The van der Waals surface area contributed by atoms with Crippen LogP contribution in [0, 0.1) is 13.8 Å². The first kappa shape index (κ1) is 23.9. The number of piperazine rings is 1. The predicted molar refractivity (Wildman–Crippen MR) is 152 cm³/mol. The summed E-state index contributed by atoms with van der Waals surface area (Å²) in [5, 5.41) is 4.40. The van der Waals surface area contributed by atoms with E-state index in [4.69, 9.17) is 9.97 Å². The van der Waals surface area contributed by atoms with E-state index in [1.807, 2.05) is 54.3 Å². The molecule has 1 fully saturated rings. The van der Waals surface area contributed by atoms with E-state index in [-0.39, 0.29) is 6.03 Å². The highest BCUT2D eigenvalue weighted by molar-refractivity contribution is 7.19. The number of nitrogens with zero attached hydrogens (tertiary/aromatic N) is 4. The molecule has 1 aliphatic heterocycles. The molecule has 0 saturated carbocycles. The molecule has 7 heteroatoms. The van der Waals surface area contributed by atoms with Crippen LogP contribution in [0.15, 0.2) is 48.5 Å². The van der Waals surface area contributed by atoms with Crippen LogP contribution in [0.4, 0.5) is 16.3 Å². The van der Waals surface area contributed by atoms with Crippen LogP contribution in [0.2, 0.25) is 0 Å². The van der Waals surface area contributed by atoms with Crippen molar-refractivity contribution in [3.8, 4) is 0 Å². The second kappa shape index (κ2) is 10.1. The zero-order valence-corrected chi connectivity index (χ0v) is 22.4. The molecule has 37 heavy (non-hydrogen) atoms. The van der Waals surface area contributed by atoms with Gasteiger partial charge in [-0.2, -0.15) is 0 Å². The number of urea groups is 1.